The summed E-state index contributed by atoms with van der Waals surface area (Å²) in [6.07, 6.45) is 1.42. The third-order valence-electron chi connectivity index (χ3n) is 4.83. The molecule has 0 spiro atoms. The van der Waals surface area contributed by atoms with Crippen LogP contribution < -0.4 is 0 Å². The normalized spacial score (nSPS) is 12.7. The van der Waals surface area contributed by atoms with Gasteiger partial charge in [0.2, 0.25) is 0 Å². The maximum atomic E-state index is 12.2. The molecular formula is C20H30O8S2. The van der Waals surface area contributed by atoms with Crippen LogP contribution in [0.3, 0.4) is 0 Å². The monoisotopic (exact) mass is 462 g/mol. The third-order valence-corrected chi connectivity index (χ3v) is 7.21. The van der Waals surface area contributed by atoms with E-state index in [1.807, 2.05) is 13.8 Å². The van der Waals surface area contributed by atoms with Crippen LogP contribution in [0.5, 0.6) is 0 Å². The summed E-state index contributed by atoms with van der Waals surface area (Å²) in [4.78, 5) is 24.3. The number of Topliss-reactive ketones (excluding diaryl/α,β-unsaturated/α-hetero) is 2. The maximum Gasteiger partial charge on any atom is 0.270 e. The van der Waals surface area contributed by atoms with E-state index < -0.39 is 19.6 Å². The van der Waals surface area contributed by atoms with Crippen molar-refractivity contribution in [2.75, 3.05) is 0 Å². The summed E-state index contributed by atoms with van der Waals surface area (Å²) >= 11 is 0.938. The zero-order valence-electron chi connectivity index (χ0n) is 17.7. The zero-order chi connectivity index (χ0) is 23.0. The number of hydrogen-bond acceptors (Lipinski definition) is 8. The highest BCUT2D eigenvalue weighted by Gasteiger charge is 2.32. The van der Waals surface area contributed by atoms with Gasteiger partial charge in [0.25, 0.3) is 10.1 Å². The number of benzene rings is 1. The number of carbonyl (C=O) groups excluding carboxylic acids is 2. The minimum absolute atomic E-state index is 0.0430. The number of ketones is 2. The van der Waals surface area contributed by atoms with Crippen LogP contribution >= 0.6 is 12.0 Å². The van der Waals surface area contributed by atoms with Crippen molar-refractivity contribution in [3.63, 3.8) is 0 Å². The fourth-order valence-corrected chi connectivity index (χ4v) is 3.33. The van der Waals surface area contributed by atoms with Gasteiger partial charge in [-0.25, -0.2) is 5.26 Å². The third kappa shape index (κ3) is 9.67. The molecule has 0 unspecified atom stereocenters. The van der Waals surface area contributed by atoms with Gasteiger partial charge in [0.1, 0.15) is 11.6 Å². The quantitative estimate of drug-likeness (QED) is 0.183. The van der Waals surface area contributed by atoms with E-state index in [1.165, 1.54) is 13.8 Å². The standard InChI is InChI=1S/C20H30O8S2/c1-19(2,29-28-27-23)11-9-17(21)13-15-5-7-16(8-6-15)14-18(22)10-12-20(3,4)30(24,25)26/h5-8,23H,9-14H2,1-4H3,(H,24,25,26). The summed E-state index contributed by atoms with van der Waals surface area (Å²) in [6.45, 7) is 6.50. The van der Waals surface area contributed by atoms with Crippen molar-refractivity contribution in [1.29, 1.82) is 0 Å². The van der Waals surface area contributed by atoms with E-state index in [9.17, 15) is 22.6 Å². The van der Waals surface area contributed by atoms with Gasteiger partial charge in [0.05, 0.1) is 4.75 Å². The lowest BCUT2D eigenvalue weighted by Gasteiger charge is -2.20. The van der Waals surface area contributed by atoms with Gasteiger partial charge in [0, 0.05) is 42.5 Å². The van der Waals surface area contributed by atoms with Crippen molar-refractivity contribution < 1.29 is 37.2 Å². The summed E-state index contributed by atoms with van der Waals surface area (Å²) in [5.74, 6) is -0.0609. The highest BCUT2D eigenvalue weighted by molar-refractivity contribution is 7.95. The summed E-state index contributed by atoms with van der Waals surface area (Å²) in [6, 6.07) is 7.15. The molecule has 30 heavy (non-hydrogen) atoms. The first-order valence-electron chi connectivity index (χ1n) is 9.50. The van der Waals surface area contributed by atoms with Crippen LogP contribution in [0.1, 0.15) is 64.5 Å². The number of carbonyl (C=O) groups is 2. The second kappa shape index (κ2) is 11.4. The predicted octanol–water partition coefficient (Wildman–Crippen LogP) is 3.98. The van der Waals surface area contributed by atoms with Gasteiger partial charge in [-0.2, -0.15) is 8.42 Å². The Bertz CT molecular complexity index is 814. The Balaban J connectivity index is 2.49. The molecule has 1 aromatic carbocycles. The molecule has 10 heteroatoms. The molecule has 1 rings (SSSR count). The van der Waals surface area contributed by atoms with Gasteiger partial charge in [-0.3, -0.25) is 14.1 Å². The summed E-state index contributed by atoms with van der Waals surface area (Å²) < 4.78 is 34.4. The molecule has 0 radical (unpaired) electrons. The Morgan fingerprint density at radius 3 is 1.77 bits per heavy atom. The second-order valence-corrected chi connectivity index (χ2v) is 11.9. The molecule has 8 nitrogen and oxygen atoms in total. The van der Waals surface area contributed by atoms with Crippen LogP contribution in [0.2, 0.25) is 0 Å². The molecule has 0 heterocycles. The highest BCUT2D eigenvalue weighted by atomic mass is 32.2. The van der Waals surface area contributed by atoms with Gasteiger partial charge < -0.3 is 0 Å². The average molecular weight is 463 g/mol. The molecule has 0 saturated heterocycles. The average Bonchev–Trinajstić information content (AvgIpc) is 2.64. The number of rotatable bonds is 14. The van der Waals surface area contributed by atoms with Gasteiger partial charge >= 0.3 is 0 Å². The molecule has 0 aliphatic carbocycles. The second-order valence-electron chi connectivity index (χ2n) is 8.47. The molecule has 0 aliphatic heterocycles. The smallest absolute Gasteiger partial charge is 0.270 e. The fourth-order valence-electron chi connectivity index (χ4n) is 2.57. The topological polar surface area (TPSA) is 127 Å². The minimum atomic E-state index is -4.22. The molecule has 0 aliphatic rings. The molecular weight excluding hydrogens is 432 g/mol. The van der Waals surface area contributed by atoms with Crippen LogP contribution in [-0.2, 0) is 41.9 Å². The lowest BCUT2D eigenvalue weighted by Crippen LogP contribution is -2.32. The predicted molar refractivity (Wildman–Crippen MR) is 114 cm³/mol. The first-order chi connectivity index (χ1) is 13.8. The summed E-state index contributed by atoms with van der Waals surface area (Å²) in [5.41, 5.74) is 1.61. The van der Waals surface area contributed by atoms with Gasteiger partial charge in [-0.05, 0) is 51.7 Å². The Morgan fingerprint density at radius 1 is 0.933 bits per heavy atom. The molecule has 0 bridgehead atoms. The van der Waals surface area contributed by atoms with Crippen molar-refractivity contribution in [3.8, 4) is 0 Å². The van der Waals surface area contributed by atoms with E-state index in [-0.39, 0.29) is 37.2 Å². The molecule has 170 valence electrons. The molecule has 0 amide bonds. The van der Waals surface area contributed by atoms with Crippen LogP contribution in [0.15, 0.2) is 24.3 Å². The van der Waals surface area contributed by atoms with Crippen molar-refractivity contribution in [2.24, 2.45) is 0 Å². The van der Waals surface area contributed by atoms with E-state index in [2.05, 4.69) is 9.37 Å². The Morgan fingerprint density at radius 2 is 1.37 bits per heavy atom. The van der Waals surface area contributed by atoms with Crippen molar-refractivity contribution in [2.45, 2.75) is 75.7 Å². The Hall–Kier alpha value is -1.30. The molecule has 0 atom stereocenters. The Kier molecular flexibility index (Phi) is 10.1. The largest absolute Gasteiger partial charge is 0.299 e. The van der Waals surface area contributed by atoms with E-state index in [4.69, 9.17) is 5.26 Å². The first-order valence-corrected chi connectivity index (χ1v) is 11.7. The van der Waals surface area contributed by atoms with Crippen molar-refractivity contribution in [3.05, 3.63) is 35.4 Å². The minimum Gasteiger partial charge on any atom is -0.299 e. The van der Waals surface area contributed by atoms with Gasteiger partial charge in [0.15, 0.2) is 0 Å². The zero-order valence-corrected chi connectivity index (χ0v) is 19.3. The lowest BCUT2D eigenvalue weighted by molar-refractivity contribution is -0.432. The van der Waals surface area contributed by atoms with Gasteiger partial charge in [-0.1, -0.05) is 29.3 Å². The van der Waals surface area contributed by atoms with E-state index in [0.29, 0.717) is 12.8 Å². The molecule has 0 aromatic heterocycles. The molecule has 1 aromatic rings. The van der Waals surface area contributed by atoms with E-state index in [0.717, 1.165) is 23.2 Å². The van der Waals surface area contributed by atoms with Crippen LogP contribution in [0.25, 0.3) is 0 Å². The SMILES string of the molecule is CC(C)(CCC(=O)Cc1ccc(CC(=O)CCC(C)(C)S(=O)(=O)O)cc1)SOOO. The van der Waals surface area contributed by atoms with Crippen molar-refractivity contribution in [1.82, 2.24) is 0 Å². The summed E-state index contributed by atoms with van der Waals surface area (Å²) in [5, 5.41) is 11.8. The first kappa shape index (κ1) is 26.7. The van der Waals surface area contributed by atoms with Crippen LogP contribution in [0, 0.1) is 0 Å². The molecule has 0 saturated carbocycles. The maximum absolute atomic E-state index is 12.2. The molecule has 2 N–H and O–H groups in total. The molecule has 0 fully saturated rings. The summed E-state index contributed by atoms with van der Waals surface area (Å²) in [7, 11) is -4.22. The number of hydrogen-bond donors (Lipinski definition) is 2. The van der Waals surface area contributed by atoms with Crippen LogP contribution in [-0.4, -0.2) is 39.3 Å². The van der Waals surface area contributed by atoms with Crippen LogP contribution in [0.4, 0.5) is 0 Å². The lowest BCUT2D eigenvalue weighted by atomic mass is 9.98. The van der Waals surface area contributed by atoms with E-state index in [1.54, 1.807) is 24.3 Å². The van der Waals surface area contributed by atoms with Gasteiger partial charge in [-0.15, -0.1) is 4.33 Å². The van der Waals surface area contributed by atoms with E-state index >= 15 is 0 Å². The van der Waals surface area contributed by atoms with Crippen molar-refractivity contribution >= 4 is 33.7 Å². The Labute approximate surface area is 182 Å². The fraction of sp³-hybridized carbons (Fsp3) is 0.600. The highest BCUT2D eigenvalue weighted by Crippen LogP contribution is 2.30.